The second-order valence-corrected chi connectivity index (χ2v) is 4.26. The van der Waals surface area contributed by atoms with Crippen LogP contribution in [0.2, 0.25) is 0 Å². The van der Waals surface area contributed by atoms with Gasteiger partial charge >= 0.3 is 0 Å². The molecule has 1 saturated heterocycles. The van der Waals surface area contributed by atoms with Crippen LogP contribution in [0.4, 0.5) is 0 Å². The number of nitrogens with zero attached hydrogens (tertiary/aromatic N) is 2. The molecule has 0 aromatic rings. The van der Waals surface area contributed by atoms with E-state index in [1.54, 1.807) is 0 Å². The van der Waals surface area contributed by atoms with Crippen LogP contribution >= 0.6 is 0 Å². The van der Waals surface area contributed by atoms with Crippen molar-refractivity contribution in [1.29, 1.82) is 0 Å². The van der Waals surface area contributed by atoms with Crippen LogP contribution in [0.3, 0.4) is 0 Å². The molecule has 1 amide bonds. The Morgan fingerprint density at radius 2 is 2.14 bits per heavy atom. The summed E-state index contributed by atoms with van der Waals surface area (Å²) in [6, 6.07) is 0.595. The summed E-state index contributed by atoms with van der Waals surface area (Å²) in [5.74, 6) is 0.298. The highest BCUT2D eigenvalue weighted by molar-refractivity contribution is 5.82. The summed E-state index contributed by atoms with van der Waals surface area (Å²) in [6.07, 6.45) is 2.41. The van der Waals surface area contributed by atoms with Crippen molar-refractivity contribution < 1.29 is 4.79 Å². The maximum atomic E-state index is 11.9. The number of carbonyl (C=O) groups is 1. The van der Waals surface area contributed by atoms with E-state index < -0.39 is 0 Å². The smallest absolute Gasteiger partial charge is 0.239 e. The summed E-state index contributed by atoms with van der Waals surface area (Å²) in [7, 11) is 0. The number of rotatable bonds is 3. The third-order valence-electron chi connectivity index (χ3n) is 3.22. The van der Waals surface area contributed by atoms with Gasteiger partial charge in [-0.1, -0.05) is 0 Å². The zero-order valence-electron chi connectivity index (χ0n) is 8.78. The average Bonchev–Trinajstić information content (AvgIpc) is 2.97. The third kappa shape index (κ3) is 1.77. The van der Waals surface area contributed by atoms with E-state index in [4.69, 9.17) is 5.73 Å². The van der Waals surface area contributed by atoms with Crippen molar-refractivity contribution in [3.05, 3.63) is 0 Å². The van der Waals surface area contributed by atoms with Crippen molar-refractivity contribution >= 4 is 5.91 Å². The number of nitrogens with two attached hydrogens (primary N) is 1. The van der Waals surface area contributed by atoms with Crippen LogP contribution < -0.4 is 5.73 Å². The minimum atomic E-state index is 0.0351. The van der Waals surface area contributed by atoms with E-state index in [0.717, 1.165) is 19.6 Å². The second kappa shape index (κ2) is 3.87. The molecule has 2 rings (SSSR count). The molecule has 0 radical (unpaired) electrons. The van der Waals surface area contributed by atoms with Gasteiger partial charge in [0, 0.05) is 32.2 Å². The summed E-state index contributed by atoms with van der Waals surface area (Å²) >= 11 is 0. The number of carbonyl (C=O) groups excluding carboxylic acids is 1. The van der Waals surface area contributed by atoms with Gasteiger partial charge in [0.15, 0.2) is 0 Å². The molecule has 4 heteroatoms. The molecule has 80 valence electrons. The quantitative estimate of drug-likeness (QED) is 0.672. The molecule has 0 aromatic heterocycles. The second-order valence-electron chi connectivity index (χ2n) is 4.26. The van der Waals surface area contributed by atoms with Crippen LogP contribution in [0, 0.1) is 0 Å². The molecule has 0 bridgehead atoms. The Balaban J connectivity index is 1.95. The highest BCUT2D eigenvalue weighted by Gasteiger charge is 2.38. The van der Waals surface area contributed by atoms with Gasteiger partial charge in [-0.3, -0.25) is 9.69 Å². The van der Waals surface area contributed by atoms with Gasteiger partial charge in [-0.05, 0) is 19.8 Å². The molecule has 1 unspecified atom stereocenters. The van der Waals surface area contributed by atoms with Crippen LogP contribution in [0.5, 0.6) is 0 Å². The van der Waals surface area contributed by atoms with E-state index in [0.29, 0.717) is 18.5 Å². The van der Waals surface area contributed by atoms with Gasteiger partial charge in [0.05, 0.1) is 6.04 Å². The lowest BCUT2D eigenvalue weighted by Gasteiger charge is -2.39. The molecule has 0 spiro atoms. The van der Waals surface area contributed by atoms with E-state index in [1.807, 2.05) is 6.92 Å². The highest BCUT2D eigenvalue weighted by Crippen LogP contribution is 2.29. The monoisotopic (exact) mass is 197 g/mol. The first kappa shape index (κ1) is 9.93. The van der Waals surface area contributed by atoms with Crippen LogP contribution in [-0.2, 0) is 4.79 Å². The van der Waals surface area contributed by atoms with Gasteiger partial charge in [-0.2, -0.15) is 0 Å². The molecule has 2 aliphatic rings. The van der Waals surface area contributed by atoms with E-state index in [-0.39, 0.29) is 6.04 Å². The van der Waals surface area contributed by atoms with Crippen molar-refractivity contribution in [1.82, 2.24) is 9.80 Å². The van der Waals surface area contributed by atoms with Crippen molar-refractivity contribution in [2.75, 3.05) is 26.2 Å². The van der Waals surface area contributed by atoms with E-state index in [2.05, 4.69) is 9.80 Å². The summed E-state index contributed by atoms with van der Waals surface area (Å²) in [6.45, 7) is 5.35. The normalized spacial score (nSPS) is 29.7. The van der Waals surface area contributed by atoms with Crippen LogP contribution in [0.15, 0.2) is 0 Å². The van der Waals surface area contributed by atoms with E-state index in [9.17, 15) is 4.79 Å². The molecule has 2 N–H and O–H groups in total. The van der Waals surface area contributed by atoms with Crippen LogP contribution in [0.1, 0.15) is 19.8 Å². The Morgan fingerprint density at radius 3 is 2.71 bits per heavy atom. The van der Waals surface area contributed by atoms with Gasteiger partial charge in [-0.25, -0.2) is 0 Å². The molecule has 1 heterocycles. The molecule has 1 atom stereocenters. The predicted molar refractivity (Wildman–Crippen MR) is 54.8 cm³/mol. The minimum Gasteiger partial charge on any atom is -0.337 e. The van der Waals surface area contributed by atoms with Crippen molar-refractivity contribution in [3.63, 3.8) is 0 Å². The summed E-state index contributed by atoms with van der Waals surface area (Å²) in [5.41, 5.74) is 5.51. The first-order valence-corrected chi connectivity index (χ1v) is 5.48. The van der Waals surface area contributed by atoms with Crippen LogP contribution in [0.25, 0.3) is 0 Å². The van der Waals surface area contributed by atoms with Crippen molar-refractivity contribution in [2.45, 2.75) is 31.8 Å². The first-order chi connectivity index (χ1) is 6.74. The molecule has 1 aliphatic heterocycles. The Morgan fingerprint density at radius 1 is 1.43 bits per heavy atom. The number of hydrogen-bond acceptors (Lipinski definition) is 3. The lowest BCUT2D eigenvalue weighted by atomic mass is 10.1. The Labute approximate surface area is 85.0 Å². The van der Waals surface area contributed by atoms with Crippen molar-refractivity contribution in [3.8, 4) is 0 Å². The third-order valence-corrected chi connectivity index (χ3v) is 3.22. The van der Waals surface area contributed by atoms with Gasteiger partial charge in [-0.15, -0.1) is 0 Å². The Bertz CT molecular complexity index is 227. The fourth-order valence-corrected chi connectivity index (χ4v) is 2.16. The topological polar surface area (TPSA) is 49.6 Å². The Kier molecular flexibility index (Phi) is 2.74. The molecule has 1 aliphatic carbocycles. The number of amides is 1. The van der Waals surface area contributed by atoms with Gasteiger partial charge in [0.2, 0.25) is 5.91 Å². The highest BCUT2D eigenvalue weighted by atomic mass is 16.2. The molecule has 4 nitrogen and oxygen atoms in total. The average molecular weight is 197 g/mol. The van der Waals surface area contributed by atoms with E-state index in [1.165, 1.54) is 12.8 Å². The molecule has 0 aromatic carbocycles. The minimum absolute atomic E-state index is 0.0351. The SMILES string of the molecule is CC1C(=O)N(C2CC2)CCN1CCN. The largest absolute Gasteiger partial charge is 0.337 e. The van der Waals surface area contributed by atoms with Gasteiger partial charge in [0.25, 0.3) is 0 Å². The fourth-order valence-electron chi connectivity index (χ4n) is 2.16. The maximum Gasteiger partial charge on any atom is 0.239 e. The van der Waals surface area contributed by atoms with Gasteiger partial charge < -0.3 is 10.6 Å². The van der Waals surface area contributed by atoms with Gasteiger partial charge in [0.1, 0.15) is 0 Å². The number of piperazine rings is 1. The van der Waals surface area contributed by atoms with E-state index >= 15 is 0 Å². The number of hydrogen-bond donors (Lipinski definition) is 1. The zero-order chi connectivity index (χ0) is 10.1. The lowest BCUT2D eigenvalue weighted by molar-refractivity contribution is -0.141. The molecular formula is C10H19N3O. The predicted octanol–water partition coefficient (Wildman–Crippen LogP) is -0.360. The first-order valence-electron chi connectivity index (χ1n) is 5.48. The molecule has 1 saturated carbocycles. The van der Waals surface area contributed by atoms with Crippen molar-refractivity contribution in [2.24, 2.45) is 5.73 Å². The molecular weight excluding hydrogens is 178 g/mol. The van der Waals surface area contributed by atoms with Crippen LogP contribution in [-0.4, -0.2) is 54.0 Å². The summed E-state index contributed by atoms with van der Waals surface area (Å²) in [4.78, 5) is 16.2. The standard InChI is InChI=1S/C10H19N3O/c1-8-10(14)13(9-2-3-9)7-6-12(8)5-4-11/h8-9H,2-7,11H2,1H3. The maximum absolute atomic E-state index is 11.9. The molecule has 14 heavy (non-hydrogen) atoms. The lowest BCUT2D eigenvalue weighted by Crippen LogP contribution is -2.57. The fraction of sp³-hybridized carbons (Fsp3) is 0.900. The molecule has 2 fully saturated rings. The zero-order valence-corrected chi connectivity index (χ0v) is 8.78. The summed E-state index contributed by atoms with van der Waals surface area (Å²) in [5, 5.41) is 0. The Hall–Kier alpha value is -0.610. The summed E-state index contributed by atoms with van der Waals surface area (Å²) < 4.78 is 0.